The van der Waals surface area contributed by atoms with Gasteiger partial charge in [-0.3, -0.25) is 0 Å². The van der Waals surface area contributed by atoms with Gasteiger partial charge in [0.1, 0.15) is 0 Å². The predicted octanol–water partition coefficient (Wildman–Crippen LogP) is 1.90. The van der Waals surface area contributed by atoms with Crippen LogP contribution >= 0.6 is 11.6 Å². The SMILES string of the molecule is CNC1CNc2c(Cl)cccc2C1. The molecule has 13 heavy (non-hydrogen) atoms. The van der Waals surface area contributed by atoms with Crippen molar-refractivity contribution in [3.8, 4) is 0 Å². The lowest BCUT2D eigenvalue weighted by Crippen LogP contribution is -2.38. The van der Waals surface area contributed by atoms with Gasteiger partial charge in [0, 0.05) is 12.6 Å². The third kappa shape index (κ3) is 1.64. The molecule has 1 aromatic carbocycles. The first-order chi connectivity index (χ1) is 6.31. The van der Waals surface area contributed by atoms with Crippen LogP contribution in [0.15, 0.2) is 18.2 Å². The summed E-state index contributed by atoms with van der Waals surface area (Å²) >= 11 is 6.05. The van der Waals surface area contributed by atoms with E-state index in [1.165, 1.54) is 5.56 Å². The van der Waals surface area contributed by atoms with Crippen LogP contribution in [0.3, 0.4) is 0 Å². The van der Waals surface area contributed by atoms with Gasteiger partial charge in [-0.05, 0) is 25.1 Å². The van der Waals surface area contributed by atoms with Crippen molar-refractivity contribution in [3.05, 3.63) is 28.8 Å². The molecule has 2 N–H and O–H groups in total. The minimum absolute atomic E-state index is 0.519. The molecule has 2 nitrogen and oxygen atoms in total. The Kier molecular flexibility index (Phi) is 2.42. The second-order valence-electron chi connectivity index (χ2n) is 3.34. The van der Waals surface area contributed by atoms with Crippen LogP contribution in [0.4, 0.5) is 5.69 Å². The van der Waals surface area contributed by atoms with Crippen molar-refractivity contribution in [2.24, 2.45) is 0 Å². The van der Waals surface area contributed by atoms with Crippen LogP contribution < -0.4 is 10.6 Å². The van der Waals surface area contributed by atoms with Gasteiger partial charge in [-0.2, -0.15) is 0 Å². The van der Waals surface area contributed by atoms with E-state index in [1.807, 2.05) is 19.2 Å². The summed E-state index contributed by atoms with van der Waals surface area (Å²) < 4.78 is 0. The summed E-state index contributed by atoms with van der Waals surface area (Å²) in [6.45, 7) is 0.952. The van der Waals surface area contributed by atoms with Crippen LogP contribution in [0.5, 0.6) is 0 Å². The summed E-state index contributed by atoms with van der Waals surface area (Å²) in [6.07, 6.45) is 1.05. The van der Waals surface area contributed by atoms with Gasteiger partial charge in [0.2, 0.25) is 0 Å². The first kappa shape index (κ1) is 8.85. The third-order valence-electron chi connectivity index (χ3n) is 2.50. The zero-order valence-electron chi connectivity index (χ0n) is 7.60. The fourth-order valence-corrected chi connectivity index (χ4v) is 1.96. The minimum Gasteiger partial charge on any atom is -0.382 e. The van der Waals surface area contributed by atoms with Crippen LogP contribution in [0.25, 0.3) is 0 Å². The van der Waals surface area contributed by atoms with Gasteiger partial charge in [-0.1, -0.05) is 23.7 Å². The Morgan fingerprint density at radius 1 is 1.54 bits per heavy atom. The monoisotopic (exact) mass is 196 g/mol. The Morgan fingerprint density at radius 2 is 2.38 bits per heavy atom. The number of hydrogen-bond acceptors (Lipinski definition) is 2. The highest BCUT2D eigenvalue weighted by atomic mass is 35.5. The quantitative estimate of drug-likeness (QED) is 0.717. The molecule has 0 aliphatic carbocycles. The Bertz CT molecular complexity index is 312. The van der Waals surface area contributed by atoms with E-state index in [4.69, 9.17) is 11.6 Å². The molecule has 0 bridgehead atoms. The van der Waals surface area contributed by atoms with Gasteiger partial charge in [0.15, 0.2) is 0 Å². The van der Waals surface area contributed by atoms with E-state index in [9.17, 15) is 0 Å². The van der Waals surface area contributed by atoms with Crippen molar-refractivity contribution < 1.29 is 0 Å². The molecule has 1 aromatic rings. The average Bonchev–Trinajstić information content (AvgIpc) is 2.18. The second kappa shape index (κ2) is 3.56. The maximum atomic E-state index is 6.05. The first-order valence-corrected chi connectivity index (χ1v) is 4.87. The topological polar surface area (TPSA) is 24.1 Å². The number of likely N-dealkylation sites (N-methyl/N-ethyl adjacent to an activating group) is 1. The number of rotatable bonds is 1. The van der Waals surface area contributed by atoms with E-state index >= 15 is 0 Å². The van der Waals surface area contributed by atoms with Crippen molar-refractivity contribution in [3.63, 3.8) is 0 Å². The zero-order valence-corrected chi connectivity index (χ0v) is 8.36. The number of hydrogen-bond donors (Lipinski definition) is 2. The molecule has 1 aliphatic heterocycles. The zero-order chi connectivity index (χ0) is 9.26. The number of nitrogens with one attached hydrogen (secondary N) is 2. The number of anilines is 1. The average molecular weight is 197 g/mol. The lowest BCUT2D eigenvalue weighted by atomic mass is 10.00. The van der Waals surface area contributed by atoms with Crippen molar-refractivity contribution in [2.75, 3.05) is 18.9 Å². The number of para-hydroxylation sites is 1. The molecule has 1 atom stereocenters. The molecule has 2 rings (SSSR count). The molecule has 0 fully saturated rings. The summed E-state index contributed by atoms with van der Waals surface area (Å²) in [6, 6.07) is 6.57. The Labute approximate surface area is 83.3 Å². The number of halogens is 1. The van der Waals surface area contributed by atoms with Gasteiger partial charge in [0.25, 0.3) is 0 Å². The minimum atomic E-state index is 0.519. The van der Waals surface area contributed by atoms with Crippen LogP contribution in [-0.2, 0) is 6.42 Å². The van der Waals surface area contributed by atoms with Crippen molar-refractivity contribution >= 4 is 17.3 Å². The number of benzene rings is 1. The van der Waals surface area contributed by atoms with E-state index in [0.29, 0.717) is 6.04 Å². The molecule has 0 spiro atoms. The fraction of sp³-hybridized carbons (Fsp3) is 0.400. The van der Waals surface area contributed by atoms with Crippen LogP contribution in [0.1, 0.15) is 5.56 Å². The maximum Gasteiger partial charge on any atom is 0.0640 e. The van der Waals surface area contributed by atoms with Crippen molar-refractivity contribution in [1.82, 2.24) is 5.32 Å². The van der Waals surface area contributed by atoms with Crippen LogP contribution in [-0.4, -0.2) is 19.6 Å². The molecule has 70 valence electrons. The molecular formula is C10H13ClN2. The van der Waals surface area contributed by atoms with E-state index in [0.717, 1.165) is 23.7 Å². The van der Waals surface area contributed by atoms with Gasteiger partial charge in [0.05, 0.1) is 10.7 Å². The summed E-state index contributed by atoms with van der Waals surface area (Å²) in [5.41, 5.74) is 2.41. The predicted molar refractivity (Wildman–Crippen MR) is 56.5 cm³/mol. The molecule has 0 aromatic heterocycles. The molecule has 3 heteroatoms. The third-order valence-corrected chi connectivity index (χ3v) is 2.81. The lowest BCUT2D eigenvalue weighted by molar-refractivity contribution is 0.570. The molecule has 1 unspecified atom stereocenters. The van der Waals surface area contributed by atoms with Crippen LogP contribution in [0.2, 0.25) is 5.02 Å². The second-order valence-corrected chi connectivity index (χ2v) is 3.75. The molecule has 1 aliphatic rings. The van der Waals surface area contributed by atoms with Gasteiger partial charge in [-0.15, -0.1) is 0 Å². The molecule has 0 radical (unpaired) electrons. The van der Waals surface area contributed by atoms with Crippen molar-refractivity contribution in [1.29, 1.82) is 0 Å². The molecule has 0 saturated carbocycles. The van der Waals surface area contributed by atoms with E-state index in [2.05, 4.69) is 16.7 Å². The van der Waals surface area contributed by atoms with Crippen LogP contribution in [0, 0.1) is 0 Å². The summed E-state index contributed by atoms with van der Waals surface area (Å²) in [7, 11) is 1.99. The highest BCUT2D eigenvalue weighted by molar-refractivity contribution is 6.33. The molecule has 0 saturated heterocycles. The molecule has 1 heterocycles. The fourth-order valence-electron chi connectivity index (χ4n) is 1.70. The highest BCUT2D eigenvalue weighted by Gasteiger charge is 2.17. The smallest absolute Gasteiger partial charge is 0.0640 e. The lowest BCUT2D eigenvalue weighted by Gasteiger charge is -2.26. The summed E-state index contributed by atoms with van der Waals surface area (Å²) in [5, 5.41) is 7.42. The number of fused-ring (bicyclic) bond motifs is 1. The van der Waals surface area contributed by atoms with Crippen molar-refractivity contribution in [2.45, 2.75) is 12.5 Å². The molecule has 0 amide bonds. The molecular weight excluding hydrogens is 184 g/mol. The van der Waals surface area contributed by atoms with Gasteiger partial charge in [-0.25, -0.2) is 0 Å². The summed E-state index contributed by atoms with van der Waals surface area (Å²) in [4.78, 5) is 0. The van der Waals surface area contributed by atoms with E-state index in [-0.39, 0.29) is 0 Å². The van der Waals surface area contributed by atoms with Gasteiger partial charge < -0.3 is 10.6 Å². The summed E-state index contributed by atoms with van der Waals surface area (Å²) in [5.74, 6) is 0. The van der Waals surface area contributed by atoms with E-state index in [1.54, 1.807) is 0 Å². The first-order valence-electron chi connectivity index (χ1n) is 4.50. The Balaban J connectivity index is 2.31. The normalized spacial score (nSPS) is 20.6. The van der Waals surface area contributed by atoms with Gasteiger partial charge >= 0.3 is 0 Å². The van der Waals surface area contributed by atoms with E-state index < -0.39 is 0 Å². The maximum absolute atomic E-state index is 6.05. The Hall–Kier alpha value is -0.730. The Morgan fingerprint density at radius 3 is 3.15 bits per heavy atom. The largest absolute Gasteiger partial charge is 0.382 e. The standard InChI is InChI=1S/C10H13ClN2/c1-12-8-5-7-3-2-4-9(11)10(7)13-6-8/h2-4,8,12-13H,5-6H2,1H3. The highest BCUT2D eigenvalue weighted by Crippen LogP contribution is 2.29.